The topological polar surface area (TPSA) is 0 Å². The largest absolute Gasteiger partial charge is 0.0991 e. The standard InChI is InChI=1S/C10H16.C2H6/c1-5-6-7-8-10(4)9(2)3;1-2/h5-7H,1,8H2,2-4H3;1-2H3/b7-6-;. The van der Waals surface area contributed by atoms with E-state index >= 15 is 0 Å². The zero-order chi connectivity index (χ0) is 9.98. The summed E-state index contributed by atoms with van der Waals surface area (Å²) in [5, 5.41) is 0. The van der Waals surface area contributed by atoms with Gasteiger partial charge in [-0.05, 0) is 27.2 Å². The van der Waals surface area contributed by atoms with Crippen LogP contribution in [0.4, 0.5) is 0 Å². The molecule has 0 saturated heterocycles. The van der Waals surface area contributed by atoms with Gasteiger partial charge in [0.2, 0.25) is 0 Å². The molecule has 0 atom stereocenters. The monoisotopic (exact) mass is 166 g/mol. The predicted molar refractivity (Wildman–Crippen MR) is 59.4 cm³/mol. The number of hydrogen-bond donors (Lipinski definition) is 0. The molecule has 0 radical (unpaired) electrons. The summed E-state index contributed by atoms with van der Waals surface area (Å²) in [6.07, 6.45) is 6.95. The maximum absolute atomic E-state index is 3.60. The smallest absolute Gasteiger partial charge is 0.0136 e. The molecule has 0 aromatic carbocycles. The molecular formula is C12H22. The van der Waals surface area contributed by atoms with Gasteiger partial charge in [0.25, 0.3) is 0 Å². The Morgan fingerprint density at radius 3 is 2.00 bits per heavy atom. The van der Waals surface area contributed by atoms with E-state index in [2.05, 4.69) is 33.4 Å². The third-order valence-corrected chi connectivity index (χ3v) is 1.55. The van der Waals surface area contributed by atoms with Crippen molar-refractivity contribution in [2.24, 2.45) is 0 Å². The van der Waals surface area contributed by atoms with Crippen molar-refractivity contribution >= 4 is 0 Å². The average Bonchev–Trinajstić information content (AvgIpc) is 2.08. The Labute approximate surface area is 77.7 Å². The van der Waals surface area contributed by atoms with Crippen LogP contribution in [-0.2, 0) is 0 Å². The molecule has 0 saturated carbocycles. The van der Waals surface area contributed by atoms with Crippen molar-refractivity contribution in [3.63, 3.8) is 0 Å². The molecule has 0 aliphatic carbocycles. The second kappa shape index (κ2) is 10.2. The van der Waals surface area contributed by atoms with Gasteiger partial charge in [-0.3, -0.25) is 0 Å². The van der Waals surface area contributed by atoms with Gasteiger partial charge in [-0.25, -0.2) is 0 Å². The van der Waals surface area contributed by atoms with Crippen molar-refractivity contribution in [1.29, 1.82) is 0 Å². The third-order valence-electron chi connectivity index (χ3n) is 1.55. The molecule has 0 N–H and O–H groups in total. The average molecular weight is 166 g/mol. The SMILES string of the molecule is C=C/C=C\CC(C)=C(C)C.CC. The molecule has 0 unspecified atom stereocenters. The molecule has 0 aromatic rings. The first kappa shape index (κ1) is 13.8. The Morgan fingerprint density at radius 1 is 1.17 bits per heavy atom. The van der Waals surface area contributed by atoms with Gasteiger partial charge in [0.15, 0.2) is 0 Å². The lowest BCUT2D eigenvalue weighted by molar-refractivity contribution is 1.13. The quantitative estimate of drug-likeness (QED) is 0.427. The highest BCUT2D eigenvalue weighted by Crippen LogP contribution is 2.06. The third kappa shape index (κ3) is 9.22. The van der Waals surface area contributed by atoms with E-state index in [4.69, 9.17) is 0 Å². The van der Waals surface area contributed by atoms with Crippen molar-refractivity contribution in [2.75, 3.05) is 0 Å². The number of rotatable bonds is 3. The number of hydrogen-bond acceptors (Lipinski definition) is 0. The Kier molecular flexibility index (Phi) is 11.7. The van der Waals surface area contributed by atoms with E-state index in [1.807, 2.05) is 19.9 Å². The van der Waals surface area contributed by atoms with E-state index in [1.54, 1.807) is 6.08 Å². The minimum atomic E-state index is 1.05. The van der Waals surface area contributed by atoms with Gasteiger partial charge >= 0.3 is 0 Å². The van der Waals surface area contributed by atoms with Crippen molar-refractivity contribution in [1.82, 2.24) is 0 Å². The van der Waals surface area contributed by atoms with Crippen molar-refractivity contribution in [3.05, 3.63) is 36.0 Å². The van der Waals surface area contributed by atoms with Crippen molar-refractivity contribution in [3.8, 4) is 0 Å². The van der Waals surface area contributed by atoms with E-state index < -0.39 is 0 Å². The van der Waals surface area contributed by atoms with Crippen LogP contribution in [0, 0.1) is 0 Å². The second-order valence-corrected chi connectivity index (χ2v) is 2.65. The second-order valence-electron chi connectivity index (χ2n) is 2.65. The first-order valence-corrected chi connectivity index (χ1v) is 4.59. The van der Waals surface area contributed by atoms with E-state index in [0.29, 0.717) is 0 Å². The lowest BCUT2D eigenvalue weighted by Crippen LogP contribution is -1.76. The van der Waals surface area contributed by atoms with Crippen LogP contribution in [0.2, 0.25) is 0 Å². The fourth-order valence-corrected chi connectivity index (χ4v) is 0.545. The highest BCUT2D eigenvalue weighted by atomic mass is 13.9. The molecule has 0 bridgehead atoms. The molecule has 0 nitrogen and oxygen atoms in total. The summed E-state index contributed by atoms with van der Waals surface area (Å²) in [7, 11) is 0. The molecular weight excluding hydrogens is 144 g/mol. The summed E-state index contributed by atoms with van der Waals surface area (Å²) in [6.45, 7) is 14.0. The van der Waals surface area contributed by atoms with Gasteiger partial charge in [-0.2, -0.15) is 0 Å². The van der Waals surface area contributed by atoms with E-state index in [9.17, 15) is 0 Å². The van der Waals surface area contributed by atoms with Crippen molar-refractivity contribution in [2.45, 2.75) is 41.0 Å². The normalized spacial score (nSPS) is 8.75. The van der Waals surface area contributed by atoms with Gasteiger partial charge in [-0.1, -0.05) is 49.8 Å². The molecule has 0 aliphatic heterocycles. The zero-order valence-electron chi connectivity index (χ0n) is 9.15. The molecule has 0 rings (SSSR count). The summed E-state index contributed by atoms with van der Waals surface area (Å²) in [6, 6.07) is 0. The van der Waals surface area contributed by atoms with E-state index in [0.717, 1.165) is 6.42 Å². The fraction of sp³-hybridized carbons (Fsp3) is 0.500. The van der Waals surface area contributed by atoms with Crippen LogP contribution in [0.1, 0.15) is 41.0 Å². The molecule has 12 heavy (non-hydrogen) atoms. The predicted octanol–water partition coefficient (Wildman–Crippen LogP) is 4.50. The molecule has 0 heterocycles. The van der Waals surface area contributed by atoms with Crippen LogP contribution in [-0.4, -0.2) is 0 Å². The Bertz CT molecular complexity index is 155. The molecule has 70 valence electrons. The Morgan fingerprint density at radius 2 is 1.67 bits per heavy atom. The highest BCUT2D eigenvalue weighted by Gasteiger charge is 1.86. The van der Waals surface area contributed by atoms with Gasteiger partial charge in [0.05, 0.1) is 0 Å². The fourth-order valence-electron chi connectivity index (χ4n) is 0.545. The summed E-state index contributed by atoms with van der Waals surface area (Å²) in [5.74, 6) is 0. The van der Waals surface area contributed by atoms with Gasteiger partial charge in [-0.15, -0.1) is 0 Å². The Hall–Kier alpha value is -0.780. The molecule has 0 aromatic heterocycles. The molecule has 0 spiro atoms. The summed E-state index contributed by atoms with van der Waals surface area (Å²) in [5.41, 5.74) is 2.85. The van der Waals surface area contributed by atoms with Crippen LogP contribution >= 0.6 is 0 Å². The van der Waals surface area contributed by atoms with Gasteiger partial charge < -0.3 is 0 Å². The minimum absolute atomic E-state index is 1.05. The van der Waals surface area contributed by atoms with E-state index in [1.165, 1.54) is 11.1 Å². The van der Waals surface area contributed by atoms with Crippen LogP contribution < -0.4 is 0 Å². The molecule has 0 amide bonds. The Balaban J connectivity index is 0. The molecule has 0 heteroatoms. The van der Waals surface area contributed by atoms with Crippen LogP contribution in [0.3, 0.4) is 0 Å². The maximum Gasteiger partial charge on any atom is -0.0136 e. The zero-order valence-corrected chi connectivity index (χ0v) is 9.15. The molecule has 0 fully saturated rings. The van der Waals surface area contributed by atoms with Crippen molar-refractivity contribution < 1.29 is 0 Å². The lowest BCUT2D eigenvalue weighted by atomic mass is 10.1. The minimum Gasteiger partial charge on any atom is -0.0991 e. The van der Waals surface area contributed by atoms with E-state index in [-0.39, 0.29) is 0 Å². The van der Waals surface area contributed by atoms with Crippen LogP contribution in [0.5, 0.6) is 0 Å². The first-order chi connectivity index (χ1) is 5.68. The molecule has 0 aliphatic rings. The van der Waals surface area contributed by atoms with Gasteiger partial charge in [0.1, 0.15) is 0 Å². The van der Waals surface area contributed by atoms with Crippen LogP contribution in [0.25, 0.3) is 0 Å². The number of allylic oxidation sites excluding steroid dienone is 5. The maximum atomic E-state index is 3.60. The summed E-state index contributed by atoms with van der Waals surface area (Å²) >= 11 is 0. The highest BCUT2D eigenvalue weighted by molar-refractivity contribution is 5.12. The van der Waals surface area contributed by atoms with Gasteiger partial charge in [0, 0.05) is 0 Å². The first-order valence-electron chi connectivity index (χ1n) is 4.59. The summed E-state index contributed by atoms with van der Waals surface area (Å²) in [4.78, 5) is 0. The lowest BCUT2D eigenvalue weighted by Gasteiger charge is -1.96. The van der Waals surface area contributed by atoms with Crippen LogP contribution in [0.15, 0.2) is 36.0 Å². The summed E-state index contributed by atoms with van der Waals surface area (Å²) < 4.78 is 0.